The van der Waals surface area contributed by atoms with E-state index in [2.05, 4.69) is 0 Å². The lowest BCUT2D eigenvalue weighted by Gasteiger charge is -2.08. The Kier molecular flexibility index (Phi) is 3.59. The summed E-state index contributed by atoms with van der Waals surface area (Å²) in [5.74, 6) is 0.403. The zero-order valence-electron chi connectivity index (χ0n) is 7.76. The van der Waals surface area contributed by atoms with Crippen LogP contribution in [0, 0.1) is 0 Å². The highest BCUT2D eigenvalue weighted by atomic mass is 19.3. The van der Waals surface area contributed by atoms with E-state index in [1.165, 1.54) is 7.11 Å². The van der Waals surface area contributed by atoms with Crippen molar-refractivity contribution in [3.05, 3.63) is 35.9 Å². The lowest BCUT2D eigenvalue weighted by atomic mass is 10.1. The maximum atomic E-state index is 12.4. The first-order chi connectivity index (χ1) is 6.70. The van der Waals surface area contributed by atoms with Gasteiger partial charge in [0.05, 0.1) is 7.11 Å². The molecule has 0 bridgehead atoms. The minimum atomic E-state index is -1.77. The van der Waals surface area contributed by atoms with Crippen LogP contribution in [0.15, 0.2) is 30.3 Å². The number of nitrogens with two attached hydrogens (primary N) is 1. The molecule has 14 heavy (non-hydrogen) atoms. The predicted octanol–water partition coefficient (Wildman–Crippen LogP) is 2.26. The van der Waals surface area contributed by atoms with Crippen molar-refractivity contribution in [2.24, 2.45) is 5.73 Å². The average Bonchev–Trinajstić information content (AvgIpc) is 2.19. The first-order valence-electron chi connectivity index (χ1n) is 4.08. The molecule has 0 unspecified atom stereocenters. The Morgan fingerprint density at radius 1 is 1.36 bits per heavy atom. The van der Waals surface area contributed by atoms with E-state index in [1.54, 1.807) is 24.3 Å². The van der Waals surface area contributed by atoms with Gasteiger partial charge in [0.25, 0.3) is 6.08 Å². The van der Waals surface area contributed by atoms with E-state index in [-0.39, 0.29) is 12.1 Å². The number of rotatable bonds is 3. The van der Waals surface area contributed by atoms with Crippen LogP contribution in [-0.2, 0) is 0 Å². The number of hydrogen-bond acceptors (Lipinski definition) is 2. The third kappa shape index (κ3) is 2.09. The fourth-order valence-electron chi connectivity index (χ4n) is 1.18. The summed E-state index contributed by atoms with van der Waals surface area (Å²) in [6.45, 7) is -0.206. The zero-order chi connectivity index (χ0) is 10.6. The maximum Gasteiger partial charge on any atom is 0.275 e. The molecule has 0 saturated heterocycles. The molecule has 0 aliphatic rings. The molecule has 0 heterocycles. The van der Waals surface area contributed by atoms with Crippen molar-refractivity contribution in [1.82, 2.24) is 0 Å². The Balaban J connectivity index is 3.23. The van der Waals surface area contributed by atoms with Crippen molar-refractivity contribution in [2.45, 2.75) is 0 Å². The van der Waals surface area contributed by atoms with Crippen LogP contribution in [-0.4, -0.2) is 13.7 Å². The number of ether oxygens (including phenoxy) is 1. The van der Waals surface area contributed by atoms with E-state index in [0.717, 1.165) is 0 Å². The monoisotopic (exact) mass is 199 g/mol. The van der Waals surface area contributed by atoms with Gasteiger partial charge in [-0.15, -0.1) is 0 Å². The molecule has 0 aliphatic heterocycles. The van der Waals surface area contributed by atoms with Crippen molar-refractivity contribution >= 4 is 5.57 Å². The summed E-state index contributed by atoms with van der Waals surface area (Å²) in [5, 5.41) is 0. The van der Waals surface area contributed by atoms with E-state index in [1.807, 2.05) is 0 Å². The van der Waals surface area contributed by atoms with Crippen LogP contribution in [0.4, 0.5) is 8.78 Å². The molecule has 1 rings (SSSR count). The number of para-hydroxylation sites is 1. The Bertz CT molecular complexity index is 346. The van der Waals surface area contributed by atoms with Crippen molar-refractivity contribution in [2.75, 3.05) is 13.7 Å². The third-order valence-electron chi connectivity index (χ3n) is 1.86. The largest absolute Gasteiger partial charge is 0.496 e. The molecule has 0 aliphatic carbocycles. The number of hydrogen-bond donors (Lipinski definition) is 1. The summed E-state index contributed by atoms with van der Waals surface area (Å²) < 4.78 is 29.8. The van der Waals surface area contributed by atoms with Crippen LogP contribution in [0.3, 0.4) is 0 Å². The highest BCUT2D eigenvalue weighted by Crippen LogP contribution is 2.28. The van der Waals surface area contributed by atoms with Crippen LogP contribution in [0.2, 0.25) is 0 Å². The molecular weight excluding hydrogens is 188 g/mol. The molecule has 1 aromatic carbocycles. The molecule has 0 radical (unpaired) electrons. The van der Waals surface area contributed by atoms with Crippen LogP contribution in [0.25, 0.3) is 5.57 Å². The highest BCUT2D eigenvalue weighted by Gasteiger charge is 2.11. The molecule has 0 amide bonds. The Hall–Kier alpha value is -1.42. The molecule has 1 aromatic rings. The van der Waals surface area contributed by atoms with Gasteiger partial charge in [-0.05, 0) is 6.07 Å². The van der Waals surface area contributed by atoms with Gasteiger partial charge in [-0.1, -0.05) is 18.2 Å². The molecular formula is C10H11F2NO. The molecule has 0 aromatic heterocycles. The summed E-state index contributed by atoms with van der Waals surface area (Å²) >= 11 is 0. The highest BCUT2D eigenvalue weighted by molar-refractivity contribution is 5.72. The van der Waals surface area contributed by atoms with Crippen LogP contribution >= 0.6 is 0 Å². The Morgan fingerprint density at radius 3 is 2.50 bits per heavy atom. The fraction of sp³-hybridized carbons (Fsp3) is 0.200. The van der Waals surface area contributed by atoms with Gasteiger partial charge in [0, 0.05) is 17.7 Å². The van der Waals surface area contributed by atoms with Crippen molar-refractivity contribution < 1.29 is 13.5 Å². The third-order valence-corrected chi connectivity index (χ3v) is 1.86. The molecule has 0 saturated carbocycles. The van der Waals surface area contributed by atoms with Crippen LogP contribution in [0.1, 0.15) is 5.56 Å². The normalized spacial score (nSPS) is 9.71. The van der Waals surface area contributed by atoms with Crippen molar-refractivity contribution in [3.8, 4) is 5.75 Å². The Morgan fingerprint density at radius 2 is 2.00 bits per heavy atom. The van der Waals surface area contributed by atoms with Gasteiger partial charge in [0.1, 0.15) is 5.75 Å². The minimum Gasteiger partial charge on any atom is -0.496 e. The van der Waals surface area contributed by atoms with Gasteiger partial charge in [0.2, 0.25) is 0 Å². The first-order valence-corrected chi connectivity index (χ1v) is 4.08. The van der Waals surface area contributed by atoms with E-state index >= 15 is 0 Å². The smallest absolute Gasteiger partial charge is 0.275 e. The second-order valence-electron chi connectivity index (χ2n) is 2.64. The topological polar surface area (TPSA) is 35.2 Å². The SMILES string of the molecule is COc1ccccc1C(CN)=C(F)F. The molecule has 4 heteroatoms. The van der Waals surface area contributed by atoms with E-state index in [4.69, 9.17) is 10.5 Å². The standard InChI is InChI=1S/C10H11F2NO/c1-14-9-5-3-2-4-7(9)8(6-13)10(11)12/h2-5H,6,13H2,1H3. The summed E-state index contributed by atoms with van der Waals surface area (Å²) in [6, 6.07) is 6.55. The fourth-order valence-corrected chi connectivity index (χ4v) is 1.18. The quantitative estimate of drug-likeness (QED) is 0.810. The second kappa shape index (κ2) is 4.72. The van der Waals surface area contributed by atoms with Crippen LogP contribution < -0.4 is 10.5 Å². The van der Waals surface area contributed by atoms with E-state index in [0.29, 0.717) is 11.3 Å². The van der Waals surface area contributed by atoms with E-state index in [9.17, 15) is 8.78 Å². The minimum absolute atomic E-state index is 0.178. The lowest BCUT2D eigenvalue weighted by molar-refractivity contribution is 0.408. The lowest BCUT2D eigenvalue weighted by Crippen LogP contribution is -2.04. The molecule has 0 atom stereocenters. The summed E-state index contributed by atoms with van der Waals surface area (Å²) in [4.78, 5) is 0. The van der Waals surface area contributed by atoms with Gasteiger partial charge in [-0.2, -0.15) is 8.78 Å². The number of methoxy groups -OCH3 is 1. The summed E-state index contributed by atoms with van der Waals surface area (Å²) in [5.41, 5.74) is 5.40. The van der Waals surface area contributed by atoms with Crippen molar-refractivity contribution in [3.63, 3.8) is 0 Å². The molecule has 2 N–H and O–H groups in total. The average molecular weight is 199 g/mol. The molecule has 0 fully saturated rings. The molecule has 76 valence electrons. The van der Waals surface area contributed by atoms with Gasteiger partial charge >= 0.3 is 0 Å². The zero-order valence-corrected chi connectivity index (χ0v) is 7.76. The van der Waals surface area contributed by atoms with Gasteiger partial charge in [0.15, 0.2) is 0 Å². The predicted molar refractivity (Wildman–Crippen MR) is 51.2 cm³/mol. The van der Waals surface area contributed by atoms with Gasteiger partial charge < -0.3 is 10.5 Å². The molecule has 0 spiro atoms. The van der Waals surface area contributed by atoms with Gasteiger partial charge in [-0.25, -0.2) is 0 Å². The molecule has 2 nitrogen and oxygen atoms in total. The summed E-state index contributed by atoms with van der Waals surface area (Å²) in [7, 11) is 1.43. The van der Waals surface area contributed by atoms with Crippen LogP contribution in [0.5, 0.6) is 5.75 Å². The summed E-state index contributed by atoms with van der Waals surface area (Å²) in [6.07, 6.45) is -1.77. The second-order valence-corrected chi connectivity index (χ2v) is 2.64. The number of halogens is 2. The maximum absolute atomic E-state index is 12.4. The Labute approximate surface area is 81.0 Å². The van der Waals surface area contributed by atoms with Gasteiger partial charge in [-0.3, -0.25) is 0 Å². The van der Waals surface area contributed by atoms with E-state index < -0.39 is 6.08 Å². The van der Waals surface area contributed by atoms with Crippen molar-refractivity contribution in [1.29, 1.82) is 0 Å². The number of benzene rings is 1. The first kappa shape index (κ1) is 10.7.